The van der Waals surface area contributed by atoms with E-state index < -0.39 is 17.7 Å². The van der Waals surface area contributed by atoms with Crippen LogP contribution in [0.4, 0.5) is 0 Å². The van der Waals surface area contributed by atoms with E-state index in [1.54, 1.807) is 6.92 Å². The monoisotopic (exact) mass is 426 g/mol. The van der Waals surface area contributed by atoms with E-state index in [2.05, 4.69) is 20.8 Å². The third kappa shape index (κ3) is 10.2. The number of carbonyl (C=O) groups is 3. The van der Waals surface area contributed by atoms with Crippen molar-refractivity contribution in [1.29, 1.82) is 0 Å². The van der Waals surface area contributed by atoms with Crippen LogP contribution in [0.25, 0.3) is 0 Å². The van der Waals surface area contributed by atoms with Crippen molar-refractivity contribution in [2.75, 3.05) is 0 Å². The SMILES string of the molecule is CCCCCCCCC(C(=O)CCCCC)(C(=O)CCCCC)C(=O)OC(O)CC. The summed E-state index contributed by atoms with van der Waals surface area (Å²) in [5.74, 6) is -1.48. The fourth-order valence-corrected chi connectivity index (χ4v) is 3.74. The topological polar surface area (TPSA) is 80.7 Å². The van der Waals surface area contributed by atoms with E-state index in [4.69, 9.17) is 4.74 Å². The Hall–Kier alpha value is -1.23. The summed E-state index contributed by atoms with van der Waals surface area (Å²) in [5, 5.41) is 9.89. The molecule has 0 aliphatic heterocycles. The highest BCUT2D eigenvalue weighted by Crippen LogP contribution is 2.34. The first-order valence-electron chi connectivity index (χ1n) is 12.4. The van der Waals surface area contributed by atoms with Gasteiger partial charge in [-0.05, 0) is 19.3 Å². The van der Waals surface area contributed by atoms with Crippen LogP contribution in [0.5, 0.6) is 0 Å². The van der Waals surface area contributed by atoms with Gasteiger partial charge in [-0.3, -0.25) is 14.4 Å². The van der Waals surface area contributed by atoms with E-state index in [0.29, 0.717) is 19.3 Å². The summed E-state index contributed by atoms with van der Waals surface area (Å²) in [6.07, 6.45) is 10.6. The Morgan fingerprint density at radius 2 is 1.13 bits per heavy atom. The van der Waals surface area contributed by atoms with Crippen molar-refractivity contribution in [3.63, 3.8) is 0 Å². The summed E-state index contributed by atoms with van der Waals surface area (Å²) < 4.78 is 5.19. The standard InChI is InChI=1S/C25H46O5/c1-5-9-12-13-14-17-20-25(21(26)18-15-10-6-2,22(27)19-16-11-7-3)24(29)30-23(28)8-4/h23,28H,5-20H2,1-4H3. The van der Waals surface area contributed by atoms with Crippen LogP contribution in [-0.4, -0.2) is 28.9 Å². The molecule has 0 rings (SSSR count). The maximum atomic E-state index is 13.3. The molecule has 0 aromatic heterocycles. The van der Waals surface area contributed by atoms with Gasteiger partial charge in [0.2, 0.25) is 0 Å². The zero-order valence-corrected chi connectivity index (χ0v) is 20.0. The van der Waals surface area contributed by atoms with Crippen LogP contribution in [0.1, 0.15) is 130 Å². The van der Waals surface area contributed by atoms with Gasteiger partial charge in [0.15, 0.2) is 23.3 Å². The second-order valence-electron chi connectivity index (χ2n) is 8.45. The molecule has 0 bridgehead atoms. The summed E-state index contributed by atoms with van der Waals surface area (Å²) in [7, 11) is 0. The second kappa shape index (κ2) is 17.5. The smallest absolute Gasteiger partial charge is 0.329 e. The highest BCUT2D eigenvalue weighted by molar-refractivity contribution is 6.22. The summed E-state index contributed by atoms with van der Waals surface area (Å²) in [6, 6.07) is 0. The molecule has 1 atom stereocenters. The Morgan fingerprint density at radius 3 is 1.60 bits per heavy atom. The van der Waals surface area contributed by atoms with Crippen LogP contribution in [0.15, 0.2) is 0 Å². The number of carbonyl (C=O) groups excluding carboxylic acids is 3. The van der Waals surface area contributed by atoms with Crippen LogP contribution >= 0.6 is 0 Å². The number of Topliss-reactive ketones (excluding diaryl/α,β-unsaturated/α-hetero) is 2. The molecule has 1 unspecified atom stereocenters. The molecule has 5 heteroatoms. The zero-order chi connectivity index (χ0) is 22.8. The third-order valence-corrected chi connectivity index (χ3v) is 5.81. The van der Waals surface area contributed by atoms with E-state index in [-0.39, 0.29) is 37.2 Å². The van der Waals surface area contributed by atoms with Gasteiger partial charge in [-0.25, -0.2) is 0 Å². The number of rotatable bonds is 20. The molecular weight excluding hydrogens is 380 g/mol. The molecule has 0 aliphatic rings. The number of hydrogen-bond donors (Lipinski definition) is 1. The minimum atomic E-state index is -1.75. The first-order chi connectivity index (χ1) is 14.4. The van der Waals surface area contributed by atoms with Crippen LogP contribution in [0, 0.1) is 5.41 Å². The minimum Gasteiger partial charge on any atom is -0.435 e. The first-order valence-corrected chi connectivity index (χ1v) is 12.4. The molecule has 0 amide bonds. The fourth-order valence-electron chi connectivity index (χ4n) is 3.74. The summed E-state index contributed by atoms with van der Waals surface area (Å²) in [4.78, 5) is 39.7. The largest absolute Gasteiger partial charge is 0.435 e. The molecule has 30 heavy (non-hydrogen) atoms. The molecule has 5 nitrogen and oxygen atoms in total. The highest BCUT2D eigenvalue weighted by atomic mass is 16.6. The lowest BCUT2D eigenvalue weighted by molar-refractivity contribution is -0.183. The van der Waals surface area contributed by atoms with Gasteiger partial charge in [0, 0.05) is 19.3 Å². The normalized spacial score (nSPS) is 12.6. The number of unbranched alkanes of at least 4 members (excludes halogenated alkanes) is 9. The predicted molar refractivity (Wildman–Crippen MR) is 121 cm³/mol. The molecule has 0 aromatic carbocycles. The number of esters is 1. The average Bonchev–Trinajstić information content (AvgIpc) is 2.73. The molecule has 0 aromatic rings. The molecule has 0 heterocycles. The van der Waals surface area contributed by atoms with E-state index >= 15 is 0 Å². The van der Waals surface area contributed by atoms with Crippen molar-refractivity contribution >= 4 is 17.5 Å². The van der Waals surface area contributed by atoms with Gasteiger partial charge in [0.1, 0.15) is 0 Å². The quantitative estimate of drug-likeness (QED) is 0.107. The predicted octanol–water partition coefficient (Wildman–Crippen LogP) is 6.29. The van der Waals surface area contributed by atoms with Crippen molar-refractivity contribution in [3.8, 4) is 0 Å². The second-order valence-corrected chi connectivity index (χ2v) is 8.45. The number of hydrogen-bond acceptors (Lipinski definition) is 5. The van der Waals surface area contributed by atoms with Crippen molar-refractivity contribution in [2.24, 2.45) is 5.41 Å². The number of aliphatic hydroxyl groups is 1. The Kier molecular flexibility index (Phi) is 16.7. The van der Waals surface area contributed by atoms with Crippen molar-refractivity contribution < 1.29 is 24.2 Å². The highest BCUT2D eigenvalue weighted by Gasteiger charge is 2.52. The first kappa shape index (κ1) is 28.8. The number of ketones is 2. The van der Waals surface area contributed by atoms with Crippen LogP contribution in [0.2, 0.25) is 0 Å². The Labute approximate surface area is 184 Å². The molecule has 0 saturated heterocycles. The molecule has 0 aliphatic carbocycles. The van der Waals surface area contributed by atoms with Gasteiger partial charge in [-0.15, -0.1) is 0 Å². The Morgan fingerprint density at radius 1 is 0.700 bits per heavy atom. The molecule has 0 spiro atoms. The molecular formula is C25H46O5. The van der Waals surface area contributed by atoms with E-state index in [0.717, 1.165) is 51.4 Å². The van der Waals surface area contributed by atoms with Gasteiger partial charge in [-0.2, -0.15) is 0 Å². The molecule has 0 fully saturated rings. The lowest BCUT2D eigenvalue weighted by Crippen LogP contribution is -2.48. The molecule has 0 radical (unpaired) electrons. The molecule has 1 N–H and O–H groups in total. The third-order valence-electron chi connectivity index (χ3n) is 5.81. The van der Waals surface area contributed by atoms with Crippen molar-refractivity contribution in [3.05, 3.63) is 0 Å². The Balaban J connectivity index is 5.58. The van der Waals surface area contributed by atoms with Gasteiger partial charge in [-0.1, -0.05) is 91.9 Å². The van der Waals surface area contributed by atoms with Crippen LogP contribution < -0.4 is 0 Å². The van der Waals surface area contributed by atoms with Crippen LogP contribution in [0.3, 0.4) is 0 Å². The summed E-state index contributed by atoms with van der Waals surface area (Å²) >= 11 is 0. The maximum absolute atomic E-state index is 13.3. The van der Waals surface area contributed by atoms with E-state index in [9.17, 15) is 19.5 Å². The Bertz CT molecular complexity index is 464. The van der Waals surface area contributed by atoms with Crippen LogP contribution in [-0.2, 0) is 19.1 Å². The van der Waals surface area contributed by atoms with E-state index in [1.165, 1.54) is 6.42 Å². The summed E-state index contributed by atoms with van der Waals surface area (Å²) in [5.41, 5.74) is -1.75. The van der Waals surface area contributed by atoms with Gasteiger partial charge >= 0.3 is 5.97 Å². The minimum absolute atomic E-state index is 0.199. The maximum Gasteiger partial charge on any atom is 0.329 e. The average molecular weight is 427 g/mol. The van der Waals surface area contributed by atoms with E-state index in [1.807, 2.05) is 0 Å². The molecule has 176 valence electrons. The fraction of sp³-hybridized carbons (Fsp3) is 0.880. The number of ether oxygens (including phenoxy) is 1. The number of aliphatic hydroxyl groups excluding tert-OH is 1. The zero-order valence-electron chi connectivity index (χ0n) is 20.0. The lowest BCUT2D eigenvalue weighted by atomic mass is 9.72. The van der Waals surface area contributed by atoms with Crippen molar-refractivity contribution in [1.82, 2.24) is 0 Å². The molecule has 0 saturated carbocycles. The van der Waals surface area contributed by atoms with Gasteiger partial charge in [0.05, 0.1) is 0 Å². The van der Waals surface area contributed by atoms with Gasteiger partial charge < -0.3 is 9.84 Å². The van der Waals surface area contributed by atoms with Gasteiger partial charge in [0.25, 0.3) is 0 Å². The summed E-state index contributed by atoms with van der Waals surface area (Å²) in [6.45, 7) is 7.95. The lowest BCUT2D eigenvalue weighted by Gasteiger charge is -2.30. The van der Waals surface area contributed by atoms with Crippen molar-refractivity contribution in [2.45, 2.75) is 137 Å².